The van der Waals surface area contributed by atoms with E-state index in [1.807, 2.05) is 11.8 Å². The molecule has 1 aliphatic carbocycles. The second-order valence-corrected chi connectivity index (χ2v) is 5.90. The molecule has 0 heterocycles. The van der Waals surface area contributed by atoms with Crippen LogP contribution in [0.15, 0.2) is 0 Å². The molecule has 0 bridgehead atoms. The highest BCUT2D eigenvalue weighted by atomic mass is 32.2. The molecule has 0 aromatic carbocycles. The third-order valence-corrected chi connectivity index (χ3v) is 4.52. The molecule has 1 nitrogen and oxygen atoms in total. The van der Waals surface area contributed by atoms with E-state index in [0.717, 1.165) is 24.5 Å². The van der Waals surface area contributed by atoms with Gasteiger partial charge in [0.25, 0.3) is 0 Å². The average Bonchev–Trinajstić information content (AvgIpc) is 2.03. The highest BCUT2D eigenvalue weighted by Crippen LogP contribution is 2.49. The standard InChI is InChI=1S/C11H19NS/c1-4-10-5-11(6-10,8-12)13-7-9(2)3/h9-10H,4-7H2,1-3H3. The Morgan fingerprint density at radius 2 is 2.15 bits per heavy atom. The van der Waals surface area contributed by atoms with Crippen molar-refractivity contribution in [2.24, 2.45) is 11.8 Å². The summed E-state index contributed by atoms with van der Waals surface area (Å²) < 4.78 is -0.00898. The molecule has 0 unspecified atom stereocenters. The number of rotatable bonds is 4. The van der Waals surface area contributed by atoms with E-state index in [1.54, 1.807) is 0 Å². The molecule has 0 spiro atoms. The molecule has 0 amide bonds. The van der Waals surface area contributed by atoms with Crippen molar-refractivity contribution in [3.63, 3.8) is 0 Å². The van der Waals surface area contributed by atoms with Crippen molar-refractivity contribution in [3.05, 3.63) is 0 Å². The Balaban J connectivity index is 2.34. The largest absolute Gasteiger partial charge is 0.197 e. The highest BCUT2D eigenvalue weighted by Gasteiger charge is 2.44. The summed E-state index contributed by atoms with van der Waals surface area (Å²) in [5, 5.41) is 9.09. The van der Waals surface area contributed by atoms with Crippen molar-refractivity contribution >= 4 is 11.8 Å². The predicted octanol–water partition coefficient (Wildman–Crippen LogP) is 3.46. The summed E-state index contributed by atoms with van der Waals surface area (Å²) in [6, 6.07) is 2.50. The van der Waals surface area contributed by atoms with Crippen molar-refractivity contribution in [2.75, 3.05) is 5.75 Å². The third kappa shape index (κ3) is 2.64. The minimum Gasteiger partial charge on any atom is -0.197 e. The van der Waals surface area contributed by atoms with Gasteiger partial charge in [-0.3, -0.25) is 0 Å². The minimum absolute atomic E-state index is 0.00898. The monoisotopic (exact) mass is 197 g/mol. The van der Waals surface area contributed by atoms with Crippen LogP contribution >= 0.6 is 11.8 Å². The number of nitrogens with zero attached hydrogens (tertiary/aromatic N) is 1. The zero-order chi connectivity index (χ0) is 9.90. The first kappa shape index (κ1) is 10.9. The van der Waals surface area contributed by atoms with Gasteiger partial charge in [-0.05, 0) is 30.4 Å². The molecule has 0 N–H and O–H groups in total. The van der Waals surface area contributed by atoms with Crippen molar-refractivity contribution in [2.45, 2.75) is 44.8 Å². The lowest BCUT2D eigenvalue weighted by atomic mass is 9.73. The molecule has 1 saturated carbocycles. The van der Waals surface area contributed by atoms with Gasteiger partial charge in [-0.15, -0.1) is 11.8 Å². The Morgan fingerprint density at radius 1 is 1.54 bits per heavy atom. The third-order valence-electron chi connectivity index (χ3n) is 2.71. The van der Waals surface area contributed by atoms with Crippen LogP contribution in [0, 0.1) is 23.2 Å². The first-order valence-corrected chi connectivity index (χ1v) is 6.15. The predicted molar refractivity (Wildman–Crippen MR) is 58.7 cm³/mol. The van der Waals surface area contributed by atoms with E-state index in [1.165, 1.54) is 6.42 Å². The van der Waals surface area contributed by atoms with E-state index in [4.69, 9.17) is 5.26 Å². The molecule has 0 radical (unpaired) electrons. The Bertz CT molecular complexity index is 199. The molecular weight excluding hydrogens is 178 g/mol. The number of hydrogen-bond acceptors (Lipinski definition) is 2. The van der Waals surface area contributed by atoms with Gasteiger partial charge in [0, 0.05) is 0 Å². The van der Waals surface area contributed by atoms with Gasteiger partial charge in [0.2, 0.25) is 0 Å². The van der Waals surface area contributed by atoms with Crippen LogP contribution in [-0.4, -0.2) is 10.5 Å². The van der Waals surface area contributed by atoms with E-state index < -0.39 is 0 Å². The maximum Gasteiger partial charge on any atom is 0.103 e. The van der Waals surface area contributed by atoms with Gasteiger partial charge >= 0.3 is 0 Å². The molecule has 1 rings (SSSR count). The van der Waals surface area contributed by atoms with Crippen LogP contribution < -0.4 is 0 Å². The molecule has 2 heteroatoms. The fourth-order valence-corrected chi connectivity index (χ4v) is 3.15. The van der Waals surface area contributed by atoms with Crippen molar-refractivity contribution in [1.82, 2.24) is 0 Å². The zero-order valence-electron chi connectivity index (χ0n) is 8.84. The number of nitriles is 1. The lowest BCUT2D eigenvalue weighted by Gasteiger charge is -2.42. The Kier molecular flexibility index (Phi) is 3.67. The SMILES string of the molecule is CCC1CC(C#N)(SCC(C)C)C1. The maximum atomic E-state index is 9.09. The van der Waals surface area contributed by atoms with E-state index in [9.17, 15) is 0 Å². The lowest BCUT2D eigenvalue weighted by Crippen LogP contribution is -2.39. The summed E-state index contributed by atoms with van der Waals surface area (Å²) in [7, 11) is 0. The van der Waals surface area contributed by atoms with Crippen LogP contribution in [0.25, 0.3) is 0 Å². The highest BCUT2D eigenvalue weighted by molar-refractivity contribution is 8.00. The Morgan fingerprint density at radius 3 is 2.54 bits per heavy atom. The van der Waals surface area contributed by atoms with Crippen molar-refractivity contribution < 1.29 is 0 Å². The second-order valence-electron chi connectivity index (χ2n) is 4.49. The molecule has 13 heavy (non-hydrogen) atoms. The molecular formula is C11H19NS. The summed E-state index contributed by atoms with van der Waals surface area (Å²) in [4.78, 5) is 0. The van der Waals surface area contributed by atoms with Crippen LogP contribution in [0.2, 0.25) is 0 Å². The fourth-order valence-electron chi connectivity index (χ4n) is 1.73. The van der Waals surface area contributed by atoms with Gasteiger partial charge < -0.3 is 0 Å². The van der Waals surface area contributed by atoms with E-state index in [0.29, 0.717) is 5.92 Å². The van der Waals surface area contributed by atoms with Gasteiger partial charge in [0.1, 0.15) is 4.75 Å². The first-order valence-electron chi connectivity index (χ1n) is 5.17. The van der Waals surface area contributed by atoms with Crippen LogP contribution in [0.1, 0.15) is 40.0 Å². The van der Waals surface area contributed by atoms with Gasteiger partial charge in [-0.1, -0.05) is 27.2 Å². The molecule has 0 aromatic heterocycles. The number of thioether (sulfide) groups is 1. The van der Waals surface area contributed by atoms with Crippen LogP contribution in [-0.2, 0) is 0 Å². The topological polar surface area (TPSA) is 23.8 Å². The Labute approximate surface area is 85.9 Å². The van der Waals surface area contributed by atoms with Gasteiger partial charge in [0.15, 0.2) is 0 Å². The lowest BCUT2D eigenvalue weighted by molar-refractivity contribution is 0.269. The number of hydrogen-bond donors (Lipinski definition) is 0. The van der Waals surface area contributed by atoms with E-state index in [2.05, 4.69) is 26.8 Å². The molecule has 1 fully saturated rings. The molecule has 0 aromatic rings. The van der Waals surface area contributed by atoms with Crippen molar-refractivity contribution in [1.29, 1.82) is 5.26 Å². The molecule has 0 atom stereocenters. The summed E-state index contributed by atoms with van der Waals surface area (Å²) in [6.07, 6.45) is 3.49. The van der Waals surface area contributed by atoms with E-state index in [-0.39, 0.29) is 4.75 Å². The molecule has 0 aliphatic heterocycles. The van der Waals surface area contributed by atoms with Crippen molar-refractivity contribution in [3.8, 4) is 6.07 Å². The molecule has 74 valence electrons. The average molecular weight is 197 g/mol. The van der Waals surface area contributed by atoms with Crippen LogP contribution in [0.5, 0.6) is 0 Å². The summed E-state index contributed by atoms with van der Waals surface area (Å²) in [6.45, 7) is 6.65. The quantitative estimate of drug-likeness (QED) is 0.689. The maximum absolute atomic E-state index is 9.09. The van der Waals surface area contributed by atoms with Gasteiger partial charge in [-0.25, -0.2) is 0 Å². The first-order chi connectivity index (χ1) is 6.12. The van der Waals surface area contributed by atoms with Crippen LogP contribution in [0.4, 0.5) is 0 Å². The minimum atomic E-state index is -0.00898. The Hall–Kier alpha value is -0.160. The van der Waals surface area contributed by atoms with Gasteiger partial charge in [-0.2, -0.15) is 5.26 Å². The second kappa shape index (κ2) is 4.37. The zero-order valence-corrected chi connectivity index (χ0v) is 9.66. The molecule has 0 saturated heterocycles. The van der Waals surface area contributed by atoms with Gasteiger partial charge in [0.05, 0.1) is 6.07 Å². The molecule has 1 aliphatic rings. The normalized spacial score (nSPS) is 32.7. The summed E-state index contributed by atoms with van der Waals surface area (Å²) >= 11 is 1.88. The summed E-state index contributed by atoms with van der Waals surface area (Å²) in [5.41, 5.74) is 0. The summed E-state index contributed by atoms with van der Waals surface area (Å²) in [5.74, 6) is 2.65. The van der Waals surface area contributed by atoms with E-state index >= 15 is 0 Å². The smallest absolute Gasteiger partial charge is 0.103 e. The fraction of sp³-hybridized carbons (Fsp3) is 0.909. The van der Waals surface area contributed by atoms with Crippen LogP contribution in [0.3, 0.4) is 0 Å².